The quantitative estimate of drug-likeness (QED) is 0.248. The van der Waals surface area contributed by atoms with Gasteiger partial charge in [0.1, 0.15) is 11.5 Å². The summed E-state index contributed by atoms with van der Waals surface area (Å²) in [6.07, 6.45) is 3.53. The van der Waals surface area contributed by atoms with Crippen LogP contribution in [0.15, 0.2) is 41.8 Å². The Labute approximate surface area is 262 Å². The van der Waals surface area contributed by atoms with Crippen molar-refractivity contribution in [3.8, 4) is 11.3 Å². The van der Waals surface area contributed by atoms with Crippen molar-refractivity contribution in [2.45, 2.75) is 58.4 Å². The van der Waals surface area contributed by atoms with Crippen molar-refractivity contribution in [1.82, 2.24) is 19.5 Å². The summed E-state index contributed by atoms with van der Waals surface area (Å²) in [5.74, 6) is -0.912. The average molecular weight is 624 g/mol. The number of halogens is 1. The molecule has 0 radical (unpaired) electrons. The van der Waals surface area contributed by atoms with Gasteiger partial charge in [-0.3, -0.25) is 9.59 Å². The molecule has 43 heavy (non-hydrogen) atoms. The molecule has 1 saturated heterocycles. The summed E-state index contributed by atoms with van der Waals surface area (Å²) < 4.78 is 22.2. The molecule has 1 aromatic carbocycles. The van der Waals surface area contributed by atoms with Gasteiger partial charge in [-0.1, -0.05) is 14.4 Å². The molecule has 3 aromatic heterocycles. The van der Waals surface area contributed by atoms with E-state index in [2.05, 4.69) is 25.3 Å². The number of rotatable bonds is 5. The van der Waals surface area contributed by atoms with E-state index in [0.29, 0.717) is 48.7 Å². The Morgan fingerprint density at radius 1 is 1.14 bits per heavy atom. The number of carbonyl (C=O) groups is 2. The number of ether oxygens (including phenoxy) is 1. The van der Waals surface area contributed by atoms with Crippen LogP contribution in [-0.2, 0) is 21.4 Å². The van der Waals surface area contributed by atoms with Gasteiger partial charge in [0.2, 0.25) is 0 Å². The van der Waals surface area contributed by atoms with Gasteiger partial charge in [-0.15, -0.1) is 11.3 Å². The summed E-state index contributed by atoms with van der Waals surface area (Å²) in [4.78, 5) is 35.8. The van der Waals surface area contributed by atoms with Crippen LogP contribution in [0.2, 0.25) is 0 Å². The topological polar surface area (TPSA) is 80.0 Å². The zero-order chi connectivity index (χ0) is 28.5. The average Bonchev–Trinajstić information content (AvgIpc) is 3.40. The van der Waals surface area contributed by atoms with Crippen LogP contribution < -0.4 is 4.90 Å². The molecule has 11 heteroatoms. The fourth-order valence-electron chi connectivity index (χ4n) is 6.29. The Balaban J connectivity index is 0.00000184. The molecule has 1 aliphatic carbocycles. The summed E-state index contributed by atoms with van der Waals surface area (Å²) in [6, 6.07) is 10.9. The van der Waals surface area contributed by atoms with Crippen molar-refractivity contribution < 1.29 is 18.7 Å². The second kappa shape index (κ2) is 11.6. The third-order valence-electron chi connectivity index (χ3n) is 9.12. The van der Waals surface area contributed by atoms with Crippen molar-refractivity contribution in [1.29, 1.82) is 0 Å². The molecule has 7 rings (SSSR count). The zero-order valence-corrected chi connectivity index (χ0v) is 25.7. The number of benzene rings is 1. The van der Waals surface area contributed by atoms with Crippen LogP contribution in [0.3, 0.4) is 0 Å². The van der Waals surface area contributed by atoms with E-state index < -0.39 is 5.82 Å². The molecule has 2 aliphatic heterocycles. The number of methoxy groups -OCH3 is 1. The maximum atomic E-state index is 15.5. The lowest BCUT2D eigenvalue weighted by Gasteiger charge is -2.33. The number of thiophene rings is 1. The maximum absolute atomic E-state index is 15.5. The molecule has 0 bridgehead atoms. The molecule has 2 atom stereocenters. The number of carbonyl (C=O) groups excluding carboxylic acids is 2. The second-order valence-electron chi connectivity index (χ2n) is 11.7. The molecule has 0 unspecified atom stereocenters. The van der Waals surface area contributed by atoms with Gasteiger partial charge in [-0.2, -0.15) is 18.6 Å². The minimum Gasteiger partial charge on any atom is -0.469 e. The van der Waals surface area contributed by atoms with Crippen LogP contribution in [0, 0.1) is 11.7 Å². The van der Waals surface area contributed by atoms with Crippen LogP contribution >= 0.6 is 24.8 Å². The molecular formula is C32H38FN5O3S2. The van der Waals surface area contributed by atoms with E-state index in [1.165, 1.54) is 23.6 Å². The monoisotopic (exact) mass is 623 g/mol. The van der Waals surface area contributed by atoms with Gasteiger partial charge in [0, 0.05) is 47.2 Å². The summed E-state index contributed by atoms with van der Waals surface area (Å²) in [6.45, 7) is 6.08. The van der Waals surface area contributed by atoms with Gasteiger partial charge in [0.25, 0.3) is 5.91 Å². The van der Waals surface area contributed by atoms with Crippen molar-refractivity contribution in [2.75, 3.05) is 31.6 Å². The van der Waals surface area contributed by atoms with Crippen molar-refractivity contribution in [2.24, 2.45) is 5.92 Å². The Bertz CT molecular complexity index is 1700. The lowest BCUT2D eigenvalue weighted by molar-refractivity contribution is -0.144. The second-order valence-corrected chi connectivity index (χ2v) is 12.7. The van der Waals surface area contributed by atoms with E-state index in [-0.39, 0.29) is 50.2 Å². The molecule has 5 heterocycles. The molecule has 1 amide bonds. The zero-order valence-electron chi connectivity index (χ0n) is 23.9. The third kappa shape index (κ3) is 5.31. The Hall–Kier alpha value is -3.44. The van der Waals surface area contributed by atoms with Gasteiger partial charge in [0.15, 0.2) is 5.65 Å². The standard InChI is InChI=1S/C31H32FN5O3S.CH4.H2S/c1-18-21-8-13-41-26(21)7-12-36(18)29(38)25-15-27(31(2)9-10-31)37-28(33-25)16-24(34-37)22-5-4-20(14-23(22)32)35-11-6-19(17-35)30(39)40-3;;/h4-5,8,13-16,18-19H,6-7,9-12,17H2,1-3H3;1H4;1H2/t18-,19+;;/m1../s1. The molecule has 2 fully saturated rings. The van der Waals surface area contributed by atoms with Crippen LogP contribution in [0.1, 0.15) is 73.2 Å². The number of nitrogens with zero attached hydrogens (tertiary/aromatic N) is 5. The Morgan fingerprint density at radius 2 is 1.93 bits per heavy atom. The van der Waals surface area contributed by atoms with Crippen LogP contribution in [0.4, 0.5) is 10.1 Å². The fraction of sp³-hybridized carbons (Fsp3) is 0.438. The Kier molecular flexibility index (Phi) is 8.34. The highest BCUT2D eigenvalue weighted by Gasteiger charge is 2.43. The van der Waals surface area contributed by atoms with Gasteiger partial charge < -0.3 is 14.5 Å². The highest BCUT2D eigenvalue weighted by Crippen LogP contribution is 2.48. The predicted molar refractivity (Wildman–Crippen MR) is 172 cm³/mol. The first-order valence-corrected chi connectivity index (χ1v) is 15.0. The fourth-order valence-corrected chi connectivity index (χ4v) is 7.25. The first-order valence-electron chi connectivity index (χ1n) is 14.2. The molecule has 8 nitrogen and oxygen atoms in total. The normalized spacial score (nSPS) is 20.3. The number of aromatic nitrogens is 3. The SMILES string of the molecule is C.COC(=O)[C@H]1CCN(c2ccc(-c3cc4nc(C(=O)N5CCc6sccc6[C@H]5C)cc(C5(C)CC5)n4n3)c(F)c2)C1.S. The van der Waals surface area contributed by atoms with E-state index in [4.69, 9.17) is 14.8 Å². The predicted octanol–water partition coefficient (Wildman–Crippen LogP) is 6.16. The van der Waals surface area contributed by atoms with E-state index in [0.717, 1.165) is 30.6 Å². The number of fused-ring (bicyclic) bond motifs is 2. The highest BCUT2D eigenvalue weighted by atomic mass is 32.1. The molecule has 0 N–H and O–H groups in total. The minimum absolute atomic E-state index is 0. The van der Waals surface area contributed by atoms with Crippen molar-refractivity contribution >= 4 is 48.0 Å². The van der Waals surface area contributed by atoms with Crippen LogP contribution in [-0.4, -0.2) is 58.1 Å². The van der Waals surface area contributed by atoms with Gasteiger partial charge in [0.05, 0.1) is 30.5 Å². The lowest BCUT2D eigenvalue weighted by atomic mass is 10.00. The summed E-state index contributed by atoms with van der Waals surface area (Å²) in [5.41, 5.74) is 4.56. The highest BCUT2D eigenvalue weighted by molar-refractivity contribution is 7.59. The lowest BCUT2D eigenvalue weighted by Crippen LogP contribution is -2.38. The molecular weight excluding hydrogens is 586 g/mol. The van der Waals surface area contributed by atoms with E-state index in [1.54, 1.807) is 28.0 Å². The molecule has 3 aliphatic rings. The smallest absolute Gasteiger partial charge is 0.310 e. The van der Waals surface area contributed by atoms with E-state index in [9.17, 15) is 9.59 Å². The minimum atomic E-state index is -0.392. The number of amides is 1. The molecule has 4 aromatic rings. The number of hydrogen-bond donors (Lipinski definition) is 0. The molecule has 0 spiro atoms. The Morgan fingerprint density at radius 3 is 2.65 bits per heavy atom. The number of esters is 1. The maximum Gasteiger partial charge on any atom is 0.310 e. The van der Waals surface area contributed by atoms with Crippen LogP contribution in [0.5, 0.6) is 0 Å². The summed E-state index contributed by atoms with van der Waals surface area (Å²) in [5, 5.41) is 6.88. The van der Waals surface area contributed by atoms with Gasteiger partial charge in [-0.25, -0.2) is 13.9 Å². The van der Waals surface area contributed by atoms with E-state index in [1.807, 2.05) is 21.9 Å². The number of hydrogen-bond acceptors (Lipinski definition) is 7. The number of anilines is 1. The first kappa shape index (κ1) is 31.0. The van der Waals surface area contributed by atoms with Crippen LogP contribution in [0.25, 0.3) is 16.9 Å². The van der Waals surface area contributed by atoms with Gasteiger partial charge in [-0.05, 0) is 73.9 Å². The molecule has 1 saturated carbocycles. The third-order valence-corrected chi connectivity index (χ3v) is 10.1. The largest absolute Gasteiger partial charge is 0.469 e. The van der Waals surface area contributed by atoms with Gasteiger partial charge >= 0.3 is 5.97 Å². The summed E-state index contributed by atoms with van der Waals surface area (Å²) in [7, 11) is 1.39. The molecule has 228 valence electrons. The first-order chi connectivity index (χ1) is 19.8. The summed E-state index contributed by atoms with van der Waals surface area (Å²) >= 11 is 1.75. The van der Waals surface area contributed by atoms with Crippen molar-refractivity contribution in [3.63, 3.8) is 0 Å². The van der Waals surface area contributed by atoms with Crippen molar-refractivity contribution in [3.05, 3.63) is 69.4 Å². The van der Waals surface area contributed by atoms with E-state index >= 15 is 4.39 Å².